The zero-order valence-corrected chi connectivity index (χ0v) is 12.6. The second kappa shape index (κ2) is 6.28. The first kappa shape index (κ1) is 15.3. The van der Waals surface area contributed by atoms with Crippen molar-refractivity contribution in [2.75, 3.05) is 25.0 Å². The first-order valence-electron chi connectivity index (χ1n) is 7.68. The lowest BCUT2D eigenvalue weighted by molar-refractivity contribution is -0.141. The zero-order chi connectivity index (χ0) is 16.4. The average molecular weight is 317 g/mol. The summed E-state index contributed by atoms with van der Waals surface area (Å²) in [5.41, 5.74) is 0.726. The van der Waals surface area contributed by atoms with Crippen LogP contribution in [-0.2, 0) is 9.59 Å². The molecule has 23 heavy (non-hydrogen) atoms. The first-order chi connectivity index (χ1) is 11.0. The molecule has 7 heteroatoms. The third-order valence-corrected chi connectivity index (χ3v) is 4.42. The van der Waals surface area contributed by atoms with Gasteiger partial charge in [0.25, 0.3) is 0 Å². The van der Waals surface area contributed by atoms with Gasteiger partial charge in [-0.3, -0.25) is 9.59 Å². The Morgan fingerprint density at radius 2 is 1.91 bits per heavy atom. The van der Waals surface area contributed by atoms with E-state index < -0.39 is 11.9 Å². The van der Waals surface area contributed by atoms with Gasteiger partial charge in [-0.25, -0.2) is 4.79 Å². The molecule has 7 nitrogen and oxygen atoms in total. The molecule has 2 saturated heterocycles. The highest BCUT2D eigenvalue weighted by atomic mass is 16.4. The summed E-state index contributed by atoms with van der Waals surface area (Å²) in [7, 11) is 0. The van der Waals surface area contributed by atoms with Crippen LogP contribution >= 0.6 is 0 Å². The van der Waals surface area contributed by atoms with Crippen molar-refractivity contribution >= 4 is 23.6 Å². The summed E-state index contributed by atoms with van der Waals surface area (Å²) >= 11 is 0. The molecule has 2 unspecified atom stereocenters. The third-order valence-electron chi connectivity index (χ3n) is 4.42. The molecule has 2 fully saturated rings. The molecule has 0 saturated carbocycles. The molecular weight excluding hydrogens is 298 g/mol. The Labute approximate surface area is 133 Å². The first-order valence-corrected chi connectivity index (χ1v) is 7.68. The van der Waals surface area contributed by atoms with E-state index in [0.717, 1.165) is 5.69 Å². The molecule has 2 atom stereocenters. The fraction of sp³-hybridized carbons (Fsp3) is 0.438. The molecule has 0 spiro atoms. The number of amides is 3. The highest BCUT2D eigenvalue weighted by molar-refractivity contribution is 5.90. The number of likely N-dealkylation sites (tertiary alicyclic amines) is 2. The van der Waals surface area contributed by atoms with Gasteiger partial charge in [-0.05, 0) is 18.6 Å². The summed E-state index contributed by atoms with van der Waals surface area (Å²) in [4.78, 5) is 38.5. The van der Waals surface area contributed by atoms with Gasteiger partial charge in [0, 0.05) is 31.7 Å². The Morgan fingerprint density at radius 1 is 1.17 bits per heavy atom. The molecule has 2 heterocycles. The normalized spacial score (nSPS) is 24.1. The summed E-state index contributed by atoms with van der Waals surface area (Å²) < 4.78 is 0. The summed E-state index contributed by atoms with van der Waals surface area (Å²) in [6.45, 7) is 1.24. The van der Waals surface area contributed by atoms with E-state index in [2.05, 4.69) is 5.32 Å². The van der Waals surface area contributed by atoms with Crippen LogP contribution in [0.5, 0.6) is 0 Å². The van der Waals surface area contributed by atoms with Crippen LogP contribution in [0.4, 0.5) is 10.5 Å². The Bertz CT molecular complexity index is 619. The van der Waals surface area contributed by atoms with E-state index >= 15 is 0 Å². The number of carbonyl (C=O) groups is 3. The van der Waals surface area contributed by atoms with Gasteiger partial charge < -0.3 is 20.2 Å². The number of hydrogen-bond acceptors (Lipinski definition) is 3. The van der Waals surface area contributed by atoms with Gasteiger partial charge in [-0.15, -0.1) is 0 Å². The van der Waals surface area contributed by atoms with E-state index in [1.54, 1.807) is 9.80 Å². The second-order valence-electron chi connectivity index (χ2n) is 5.97. The van der Waals surface area contributed by atoms with Crippen molar-refractivity contribution in [3.05, 3.63) is 30.3 Å². The molecule has 3 amide bonds. The van der Waals surface area contributed by atoms with Crippen LogP contribution in [0.25, 0.3) is 0 Å². The van der Waals surface area contributed by atoms with Crippen LogP contribution in [0.3, 0.4) is 0 Å². The van der Waals surface area contributed by atoms with E-state index in [-0.39, 0.29) is 30.9 Å². The number of carboxylic acids is 1. The van der Waals surface area contributed by atoms with Crippen LogP contribution in [0, 0.1) is 5.92 Å². The van der Waals surface area contributed by atoms with Crippen molar-refractivity contribution in [1.82, 2.24) is 9.80 Å². The number of anilines is 1. The lowest BCUT2D eigenvalue weighted by Gasteiger charge is -2.24. The van der Waals surface area contributed by atoms with Gasteiger partial charge >= 0.3 is 12.0 Å². The zero-order valence-electron chi connectivity index (χ0n) is 12.6. The topological polar surface area (TPSA) is 90.0 Å². The Kier molecular flexibility index (Phi) is 4.18. The van der Waals surface area contributed by atoms with E-state index in [4.69, 9.17) is 5.11 Å². The maximum Gasteiger partial charge on any atom is 0.321 e. The third kappa shape index (κ3) is 3.28. The minimum Gasteiger partial charge on any atom is -0.481 e. The number of nitrogens with zero attached hydrogens (tertiary/aromatic N) is 2. The average Bonchev–Trinajstić information content (AvgIpc) is 3.14. The quantitative estimate of drug-likeness (QED) is 0.877. The molecule has 2 N–H and O–H groups in total. The van der Waals surface area contributed by atoms with Crippen LogP contribution in [-0.4, -0.2) is 58.5 Å². The molecule has 2 aliphatic heterocycles. The smallest absolute Gasteiger partial charge is 0.321 e. The Hall–Kier alpha value is -2.57. The molecule has 122 valence electrons. The maximum absolute atomic E-state index is 12.2. The van der Waals surface area contributed by atoms with Gasteiger partial charge in [0.2, 0.25) is 5.91 Å². The molecule has 0 bridgehead atoms. The van der Waals surface area contributed by atoms with Crippen molar-refractivity contribution in [2.24, 2.45) is 5.92 Å². The van der Waals surface area contributed by atoms with Gasteiger partial charge in [-0.1, -0.05) is 18.2 Å². The fourth-order valence-electron chi connectivity index (χ4n) is 3.15. The Morgan fingerprint density at radius 3 is 2.57 bits per heavy atom. The van der Waals surface area contributed by atoms with Crippen LogP contribution in [0.1, 0.15) is 12.8 Å². The van der Waals surface area contributed by atoms with Crippen LogP contribution in [0.2, 0.25) is 0 Å². The number of aliphatic carboxylic acids is 1. The number of rotatable bonds is 3. The van der Waals surface area contributed by atoms with E-state index in [1.807, 2.05) is 30.3 Å². The van der Waals surface area contributed by atoms with Crippen LogP contribution < -0.4 is 5.32 Å². The van der Waals surface area contributed by atoms with Crippen molar-refractivity contribution in [3.8, 4) is 0 Å². The number of carboxylic acid groups (broad SMARTS) is 1. The summed E-state index contributed by atoms with van der Waals surface area (Å²) in [5.74, 6) is -1.69. The highest BCUT2D eigenvalue weighted by Crippen LogP contribution is 2.25. The predicted octanol–water partition coefficient (Wildman–Crippen LogP) is 1.23. The number of urea groups is 1. The fourth-order valence-corrected chi connectivity index (χ4v) is 3.15. The molecule has 0 aliphatic carbocycles. The SMILES string of the molecule is O=C(O)C1CC(=O)N(C2CCN(C(=O)Nc3ccccc3)C2)C1. The monoisotopic (exact) mass is 317 g/mol. The summed E-state index contributed by atoms with van der Waals surface area (Å²) in [6, 6.07) is 8.90. The summed E-state index contributed by atoms with van der Waals surface area (Å²) in [6.07, 6.45) is 0.738. The molecule has 0 radical (unpaired) electrons. The number of para-hydroxylation sites is 1. The van der Waals surface area contributed by atoms with E-state index in [9.17, 15) is 14.4 Å². The van der Waals surface area contributed by atoms with E-state index in [1.165, 1.54) is 0 Å². The largest absolute Gasteiger partial charge is 0.481 e. The van der Waals surface area contributed by atoms with Crippen molar-refractivity contribution < 1.29 is 19.5 Å². The van der Waals surface area contributed by atoms with Gasteiger partial charge in [-0.2, -0.15) is 0 Å². The van der Waals surface area contributed by atoms with Gasteiger partial charge in [0.1, 0.15) is 0 Å². The van der Waals surface area contributed by atoms with Crippen molar-refractivity contribution in [2.45, 2.75) is 18.9 Å². The maximum atomic E-state index is 12.2. The molecular formula is C16H19N3O4. The van der Waals surface area contributed by atoms with Crippen molar-refractivity contribution in [3.63, 3.8) is 0 Å². The van der Waals surface area contributed by atoms with E-state index in [0.29, 0.717) is 19.5 Å². The second-order valence-corrected chi connectivity index (χ2v) is 5.97. The lowest BCUT2D eigenvalue weighted by atomic mass is 10.1. The van der Waals surface area contributed by atoms with Gasteiger partial charge in [0.15, 0.2) is 0 Å². The molecule has 0 aromatic heterocycles. The number of benzene rings is 1. The highest BCUT2D eigenvalue weighted by Gasteiger charge is 2.40. The number of nitrogens with one attached hydrogen (secondary N) is 1. The molecule has 1 aromatic carbocycles. The van der Waals surface area contributed by atoms with Crippen LogP contribution in [0.15, 0.2) is 30.3 Å². The minimum atomic E-state index is -0.933. The minimum absolute atomic E-state index is 0.0576. The van der Waals surface area contributed by atoms with Crippen molar-refractivity contribution in [1.29, 1.82) is 0 Å². The lowest BCUT2D eigenvalue weighted by Crippen LogP contribution is -2.41. The predicted molar refractivity (Wildman–Crippen MR) is 82.9 cm³/mol. The number of hydrogen-bond donors (Lipinski definition) is 2. The molecule has 1 aromatic rings. The molecule has 2 aliphatic rings. The Balaban J connectivity index is 1.57. The molecule has 3 rings (SSSR count). The number of carbonyl (C=O) groups excluding carboxylic acids is 2. The standard InChI is InChI=1S/C16H19N3O4/c20-14-8-11(15(21)22)9-19(14)13-6-7-18(10-13)16(23)17-12-4-2-1-3-5-12/h1-5,11,13H,6-10H2,(H,17,23)(H,21,22). The van der Waals surface area contributed by atoms with Gasteiger partial charge in [0.05, 0.1) is 12.0 Å². The summed E-state index contributed by atoms with van der Waals surface area (Å²) in [5, 5.41) is 11.9.